The van der Waals surface area contributed by atoms with Crippen LogP contribution in [0.2, 0.25) is 0 Å². The van der Waals surface area contributed by atoms with Crippen molar-refractivity contribution in [1.82, 2.24) is 5.32 Å². The van der Waals surface area contributed by atoms with Gasteiger partial charge >= 0.3 is 0 Å². The predicted octanol–water partition coefficient (Wildman–Crippen LogP) is 0.856. The van der Waals surface area contributed by atoms with Gasteiger partial charge in [-0.3, -0.25) is 4.79 Å². The lowest BCUT2D eigenvalue weighted by molar-refractivity contribution is -0.120. The number of para-hydroxylation sites is 2. The van der Waals surface area contributed by atoms with E-state index in [1.165, 1.54) is 0 Å². The molecule has 88 valence electrons. The maximum Gasteiger partial charge on any atom is 0.234 e. The summed E-state index contributed by atoms with van der Waals surface area (Å²) in [7, 11) is 0. The molecule has 0 fully saturated rings. The molecule has 0 saturated heterocycles. The van der Waals surface area contributed by atoms with Crippen LogP contribution < -0.4 is 14.8 Å². The third-order valence-electron chi connectivity index (χ3n) is 2.33. The Hall–Kier alpha value is -2.22. The maximum absolute atomic E-state index is 11.1. The molecule has 1 aliphatic heterocycles. The number of carbonyl (C=O) groups is 1. The molecule has 0 aliphatic carbocycles. The fourth-order valence-corrected chi connectivity index (χ4v) is 1.53. The fraction of sp³-hybridized carbons (Fsp3) is 0.333. The van der Waals surface area contributed by atoms with E-state index < -0.39 is 0 Å². The van der Waals surface area contributed by atoms with Crippen molar-refractivity contribution in [2.24, 2.45) is 0 Å². The molecule has 1 aromatic carbocycles. The Balaban J connectivity index is 1.86. The van der Waals surface area contributed by atoms with E-state index in [1.807, 2.05) is 24.3 Å². The standard InChI is InChI=1S/C12H12N2O3/c13-6-5-12(15)14-7-9-8-16-10-3-1-2-4-11(10)17-9/h1-4,9H,5,7-8H2,(H,14,15). The summed E-state index contributed by atoms with van der Waals surface area (Å²) in [5.41, 5.74) is 0. The zero-order chi connectivity index (χ0) is 12.1. The van der Waals surface area contributed by atoms with Gasteiger partial charge in [0, 0.05) is 0 Å². The number of rotatable bonds is 3. The molecular formula is C12H12N2O3. The number of nitrogens with zero attached hydrogens (tertiary/aromatic N) is 1. The number of hydrogen-bond donors (Lipinski definition) is 1. The summed E-state index contributed by atoms with van der Waals surface area (Å²) in [6.07, 6.45) is -0.350. The van der Waals surface area contributed by atoms with E-state index in [0.29, 0.717) is 24.7 Å². The van der Waals surface area contributed by atoms with E-state index >= 15 is 0 Å². The molecule has 0 spiro atoms. The highest BCUT2D eigenvalue weighted by molar-refractivity contribution is 5.77. The quantitative estimate of drug-likeness (QED) is 0.838. The van der Waals surface area contributed by atoms with Crippen LogP contribution in [0.3, 0.4) is 0 Å². The van der Waals surface area contributed by atoms with Crippen LogP contribution in [-0.2, 0) is 4.79 Å². The Morgan fingerprint density at radius 1 is 1.47 bits per heavy atom. The van der Waals surface area contributed by atoms with Crippen LogP contribution in [0.1, 0.15) is 6.42 Å². The third kappa shape index (κ3) is 2.88. The molecular weight excluding hydrogens is 220 g/mol. The minimum absolute atomic E-state index is 0.135. The average molecular weight is 232 g/mol. The van der Waals surface area contributed by atoms with Gasteiger partial charge in [0.25, 0.3) is 0 Å². The number of nitriles is 1. The number of hydrogen-bond acceptors (Lipinski definition) is 4. The number of nitrogens with one attached hydrogen (secondary N) is 1. The zero-order valence-electron chi connectivity index (χ0n) is 9.18. The van der Waals surface area contributed by atoms with Crippen LogP contribution >= 0.6 is 0 Å². The van der Waals surface area contributed by atoms with Gasteiger partial charge in [0.05, 0.1) is 12.6 Å². The highest BCUT2D eigenvalue weighted by atomic mass is 16.6. The van der Waals surface area contributed by atoms with Crippen molar-refractivity contribution in [1.29, 1.82) is 5.26 Å². The highest BCUT2D eigenvalue weighted by Crippen LogP contribution is 2.30. The first-order valence-electron chi connectivity index (χ1n) is 5.31. The topological polar surface area (TPSA) is 71.4 Å². The lowest BCUT2D eigenvalue weighted by atomic mass is 10.2. The van der Waals surface area contributed by atoms with Crippen molar-refractivity contribution in [3.63, 3.8) is 0 Å². The van der Waals surface area contributed by atoms with Gasteiger partial charge in [-0.1, -0.05) is 12.1 Å². The molecule has 1 atom stereocenters. The minimum Gasteiger partial charge on any atom is -0.486 e. The minimum atomic E-state index is -0.296. The molecule has 2 rings (SSSR count). The molecule has 1 N–H and O–H groups in total. The van der Waals surface area contributed by atoms with Crippen molar-refractivity contribution in [2.75, 3.05) is 13.2 Å². The first-order valence-corrected chi connectivity index (χ1v) is 5.31. The number of fused-ring (bicyclic) bond motifs is 1. The van der Waals surface area contributed by atoms with Gasteiger partial charge in [0.2, 0.25) is 5.91 Å². The summed E-state index contributed by atoms with van der Waals surface area (Å²) in [4.78, 5) is 11.1. The molecule has 0 aromatic heterocycles. The average Bonchev–Trinajstić information content (AvgIpc) is 2.36. The van der Waals surface area contributed by atoms with Crippen molar-refractivity contribution in [2.45, 2.75) is 12.5 Å². The molecule has 5 nitrogen and oxygen atoms in total. The molecule has 0 saturated carbocycles. The summed E-state index contributed by atoms with van der Waals surface area (Å²) in [6.45, 7) is 0.735. The normalized spacial score (nSPS) is 17.0. The number of ether oxygens (including phenoxy) is 2. The van der Waals surface area contributed by atoms with Crippen molar-refractivity contribution < 1.29 is 14.3 Å². The summed E-state index contributed by atoms with van der Waals surface area (Å²) < 4.78 is 11.1. The van der Waals surface area contributed by atoms with Crippen molar-refractivity contribution >= 4 is 5.91 Å². The summed E-state index contributed by atoms with van der Waals surface area (Å²) in [6, 6.07) is 9.17. The lowest BCUT2D eigenvalue weighted by Gasteiger charge is -2.26. The predicted molar refractivity (Wildman–Crippen MR) is 59.6 cm³/mol. The second kappa shape index (κ2) is 5.21. The fourth-order valence-electron chi connectivity index (χ4n) is 1.53. The Bertz CT molecular complexity index is 453. The molecule has 0 bridgehead atoms. The van der Waals surface area contributed by atoms with Crippen LogP contribution in [0.15, 0.2) is 24.3 Å². The molecule has 5 heteroatoms. The van der Waals surface area contributed by atoms with Gasteiger partial charge in [0.1, 0.15) is 19.1 Å². The largest absolute Gasteiger partial charge is 0.486 e. The van der Waals surface area contributed by atoms with Crippen molar-refractivity contribution in [3.8, 4) is 17.6 Å². The first kappa shape index (κ1) is 11.3. The maximum atomic E-state index is 11.1. The van der Waals surface area contributed by atoms with Gasteiger partial charge < -0.3 is 14.8 Å². The Labute approximate surface area is 98.9 Å². The van der Waals surface area contributed by atoms with Crippen molar-refractivity contribution in [3.05, 3.63) is 24.3 Å². The Kier molecular flexibility index (Phi) is 3.46. The second-order valence-electron chi connectivity index (χ2n) is 3.64. The van der Waals surface area contributed by atoms with Gasteiger partial charge in [-0.2, -0.15) is 5.26 Å². The Morgan fingerprint density at radius 3 is 3.00 bits per heavy atom. The van der Waals surface area contributed by atoms with E-state index in [4.69, 9.17) is 14.7 Å². The van der Waals surface area contributed by atoms with Crippen LogP contribution in [0.5, 0.6) is 11.5 Å². The van der Waals surface area contributed by atoms with Crippen LogP contribution in [0, 0.1) is 11.3 Å². The van der Waals surface area contributed by atoms with Gasteiger partial charge in [-0.25, -0.2) is 0 Å². The van der Waals surface area contributed by atoms with E-state index in [1.54, 1.807) is 6.07 Å². The van der Waals surface area contributed by atoms with Crippen LogP contribution in [0.25, 0.3) is 0 Å². The summed E-state index contributed by atoms with van der Waals surface area (Å²) in [5.74, 6) is 1.10. The number of carbonyl (C=O) groups excluding carboxylic acids is 1. The van der Waals surface area contributed by atoms with E-state index in [9.17, 15) is 4.79 Å². The first-order chi connectivity index (χ1) is 8.29. The molecule has 1 unspecified atom stereocenters. The summed E-state index contributed by atoms with van der Waals surface area (Å²) >= 11 is 0. The zero-order valence-corrected chi connectivity index (χ0v) is 9.18. The SMILES string of the molecule is N#CCC(=O)NCC1COc2ccccc2O1. The van der Waals surface area contributed by atoms with E-state index in [0.717, 1.165) is 0 Å². The molecule has 1 amide bonds. The Morgan fingerprint density at radius 2 is 2.24 bits per heavy atom. The number of amides is 1. The second-order valence-corrected chi connectivity index (χ2v) is 3.64. The third-order valence-corrected chi connectivity index (χ3v) is 2.33. The number of benzene rings is 1. The molecule has 17 heavy (non-hydrogen) atoms. The molecule has 1 aromatic rings. The van der Waals surface area contributed by atoms with Crippen LogP contribution in [0.4, 0.5) is 0 Å². The molecule has 1 aliphatic rings. The van der Waals surface area contributed by atoms with Gasteiger partial charge in [-0.05, 0) is 12.1 Å². The smallest absolute Gasteiger partial charge is 0.234 e. The van der Waals surface area contributed by atoms with Gasteiger partial charge in [0.15, 0.2) is 11.5 Å². The van der Waals surface area contributed by atoms with Gasteiger partial charge in [-0.15, -0.1) is 0 Å². The highest BCUT2D eigenvalue weighted by Gasteiger charge is 2.20. The van der Waals surface area contributed by atoms with E-state index in [2.05, 4.69) is 5.32 Å². The molecule has 1 heterocycles. The van der Waals surface area contributed by atoms with Crippen LogP contribution in [-0.4, -0.2) is 25.2 Å². The monoisotopic (exact) mass is 232 g/mol. The molecule has 0 radical (unpaired) electrons. The lowest BCUT2D eigenvalue weighted by Crippen LogP contribution is -2.40. The van der Waals surface area contributed by atoms with E-state index in [-0.39, 0.29) is 18.4 Å². The summed E-state index contributed by atoms with van der Waals surface area (Å²) in [5, 5.41) is 11.0.